The Kier molecular flexibility index (Phi) is 3.35. The van der Waals surface area contributed by atoms with Crippen molar-refractivity contribution in [1.82, 2.24) is 4.90 Å². The molecule has 0 spiro atoms. The van der Waals surface area contributed by atoms with Crippen molar-refractivity contribution in [1.29, 1.82) is 0 Å². The predicted octanol–water partition coefficient (Wildman–Crippen LogP) is 2.70. The van der Waals surface area contributed by atoms with Gasteiger partial charge in [-0.15, -0.1) is 0 Å². The summed E-state index contributed by atoms with van der Waals surface area (Å²) in [5.74, 6) is 3.23. The maximum absolute atomic E-state index is 10.9. The van der Waals surface area contributed by atoms with E-state index >= 15 is 0 Å². The zero-order valence-corrected chi connectivity index (χ0v) is 11.3. The molecule has 2 aliphatic carbocycles. The van der Waals surface area contributed by atoms with E-state index in [9.17, 15) is 4.79 Å². The Morgan fingerprint density at radius 2 is 2.21 bits per heavy atom. The quantitative estimate of drug-likeness (QED) is 0.821. The van der Waals surface area contributed by atoms with Gasteiger partial charge in [0.15, 0.2) is 0 Å². The van der Waals surface area contributed by atoms with Gasteiger partial charge in [0.1, 0.15) is 11.5 Å². The van der Waals surface area contributed by atoms with Gasteiger partial charge in [0, 0.05) is 12.5 Å². The van der Waals surface area contributed by atoms with Crippen molar-refractivity contribution in [3.8, 4) is 0 Å². The summed E-state index contributed by atoms with van der Waals surface area (Å²) in [6.07, 6.45) is 3.69. The maximum Gasteiger partial charge on any atom is 0.317 e. The molecule has 0 aromatic carbocycles. The SMILES string of the molecule is CC1CC1c1ccc(CN(CC(=O)O)CC2CC2)o1. The highest BCUT2D eigenvalue weighted by molar-refractivity contribution is 5.69. The normalized spacial score (nSPS) is 25.8. The van der Waals surface area contributed by atoms with Crippen LogP contribution in [-0.4, -0.2) is 29.1 Å². The molecule has 1 heterocycles. The van der Waals surface area contributed by atoms with Crippen LogP contribution in [-0.2, 0) is 11.3 Å². The smallest absolute Gasteiger partial charge is 0.317 e. The van der Waals surface area contributed by atoms with Crippen molar-refractivity contribution >= 4 is 5.97 Å². The van der Waals surface area contributed by atoms with Crippen LogP contribution in [0.3, 0.4) is 0 Å². The lowest BCUT2D eigenvalue weighted by atomic mass is 10.3. The molecule has 3 rings (SSSR count). The van der Waals surface area contributed by atoms with E-state index in [0.717, 1.165) is 24.0 Å². The van der Waals surface area contributed by atoms with Crippen LogP contribution >= 0.6 is 0 Å². The third-order valence-corrected chi connectivity index (χ3v) is 4.11. The zero-order valence-electron chi connectivity index (χ0n) is 11.3. The van der Waals surface area contributed by atoms with Crippen molar-refractivity contribution in [3.63, 3.8) is 0 Å². The molecular weight excluding hydrogens is 242 g/mol. The van der Waals surface area contributed by atoms with Gasteiger partial charge in [-0.3, -0.25) is 9.69 Å². The number of hydrogen-bond donors (Lipinski definition) is 1. The van der Waals surface area contributed by atoms with Gasteiger partial charge >= 0.3 is 5.97 Å². The number of furan rings is 1. The fraction of sp³-hybridized carbons (Fsp3) is 0.667. The molecule has 2 fully saturated rings. The fourth-order valence-electron chi connectivity index (χ4n) is 2.66. The van der Waals surface area contributed by atoms with Gasteiger partial charge in [-0.05, 0) is 43.2 Å². The monoisotopic (exact) mass is 263 g/mol. The molecule has 0 bridgehead atoms. The molecule has 0 aliphatic heterocycles. The van der Waals surface area contributed by atoms with E-state index in [4.69, 9.17) is 9.52 Å². The van der Waals surface area contributed by atoms with Crippen LogP contribution in [0.2, 0.25) is 0 Å². The Morgan fingerprint density at radius 1 is 1.47 bits per heavy atom. The van der Waals surface area contributed by atoms with Crippen molar-refractivity contribution < 1.29 is 14.3 Å². The summed E-state index contributed by atoms with van der Waals surface area (Å²) in [6.45, 7) is 3.83. The second-order valence-electron chi connectivity index (χ2n) is 6.13. The minimum Gasteiger partial charge on any atom is -0.480 e. The van der Waals surface area contributed by atoms with Crippen LogP contribution in [0.25, 0.3) is 0 Å². The summed E-state index contributed by atoms with van der Waals surface area (Å²) in [6, 6.07) is 4.06. The molecule has 4 nitrogen and oxygen atoms in total. The van der Waals surface area contributed by atoms with E-state index in [1.54, 1.807) is 0 Å². The lowest BCUT2D eigenvalue weighted by Gasteiger charge is -2.18. The van der Waals surface area contributed by atoms with Crippen molar-refractivity contribution in [2.45, 2.75) is 38.6 Å². The van der Waals surface area contributed by atoms with E-state index in [0.29, 0.717) is 18.4 Å². The number of carbonyl (C=O) groups is 1. The van der Waals surface area contributed by atoms with E-state index in [2.05, 4.69) is 13.0 Å². The van der Waals surface area contributed by atoms with Crippen LogP contribution in [0.15, 0.2) is 16.5 Å². The summed E-state index contributed by atoms with van der Waals surface area (Å²) in [5, 5.41) is 8.96. The number of aliphatic carboxylic acids is 1. The molecule has 0 saturated heterocycles. The second kappa shape index (κ2) is 5.00. The van der Waals surface area contributed by atoms with Gasteiger partial charge < -0.3 is 9.52 Å². The van der Waals surface area contributed by atoms with Gasteiger partial charge in [0.05, 0.1) is 13.1 Å². The minimum absolute atomic E-state index is 0.104. The molecular formula is C15H21NO3. The summed E-state index contributed by atoms with van der Waals surface area (Å²) >= 11 is 0. The maximum atomic E-state index is 10.9. The third-order valence-electron chi connectivity index (χ3n) is 4.11. The van der Waals surface area contributed by atoms with Crippen molar-refractivity contribution in [2.24, 2.45) is 11.8 Å². The first-order valence-electron chi connectivity index (χ1n) is 7.14. The number of rotatable bonds is 7. The number of carboxylic acids is 1. The highest BCUT2D eigenvalue weighted by Crippen LogP contribution is 2.47. The van der Waals surface area contributed by atoms with E-state index in [1.165, 1.54) is 19.3 Å². The van der Waals surface area contributed by atoms with Crippen LogP contribution in [0.1, 0.15) is 43.6 Å². The van der Waals surface area contributed by atoms with Crippen molar-refractivity contribution in [2.75, 3.05) is 13.1 Å². The average Bonchev–Trinajstić information content (AvgIpc) is 3.22. The fourth-order valence-corrected chi connectivity index (χ4v) is 2.66. The van der Waals surface area contributed by atoms with Crippen LogP contribution in [0.5, 0.6) is 0 Å². The summed E-state index contributed by atoms with van der Waals surface area (Å²) in [7, 11) is 0. The molecule has 2 aliphatic rings. The molecule has 0 radical (unpaired) electrons. The van der Waals surface area contributed by atoms with Gasteiger partial charge in [0.25, 0.3) is 0 Å². The van der Waals surface area contributed by atoms with E-state index in [-0.39, 0.29) is 6.54 Å². The van der Waals surface area contributed by atoms with E-state index in [1.807, 2.05) is 11.0 Å². The first-order valence-corrected chi connectivity index (χ1v) is 7.14. The molecule has 2 unspecified atom stereocenters. The molecule has 1 N–H and O–H groups in total. The zero-order chi connectivity index (χ0) is 13.4. The highest BCUT2D eigenvalue weighted by atomic mass is 16.4. The molecule has 2 saturated carbocycles. The second-order valence-corrected chi connectivity index (χ2v) is 6.13. The lowest BCUT2D eigenvalue weighted by molar-refractivity contribution is -0.138. The molecule has 0 amide bonds. The molecule has 1 aromatic heterocycles. The first kappa shape index (κ1) is 12.7. The molecule has 2 atom stereocenters. The standard InChI is InChI=1S/C15H21NO3/c1-10-6-13(10)14-5-4-12(19-14)8-16(9-15(17)18)7-11-2-3-11/h4-5,10-11,13H,2-3,6-9H2,1H3,(H,17,18). The Labute approximate surface area is 113 Å². The molecule has 4 heteroatoms. The highest BCUT2D eigenvalue weighted by Gasteiger charge is 2.36. The predicted molar refractivity (Wildman–Crippen MR) is 70.9 cm³/mol. The number of nitrogens with zero attached hydrogens (tertiary/aromatic N) is 1. The number of hydrogen-bond acceptors (Lipinski definition) is 3. The van der Waals surface area contributed by atoms with Crippen LogP contribution < -0.4 is 0 Å². The van der Waals surface area contributed by atoms with Crippen LogP contribution in [0, 0.1) is 11.8 Å². The van der Waals surface area contributed by atoms with Crippen molar-refractivity contribution in [3.05, 3.63) is 23.7 Å². The molecule has 1 aromatic rings. The van der Waals surface area contributed by atoms with Gasteiger partial charge in [-0.2, -0.15) is 0 Å². The Hall–Kier alpha value is -1.29. The largest absolute Gasteiger partial charge is 0.480 e. The Morgan fingerprint density at radius 3 is 2.79 bits per heavy atom. The summed E-state index contributed by atoms with van der Waals surface area (Å²) in [5.41, 5.74) is 0. The van der Waals surface area contributed by atoms with Gasteiger partial charge in [-0.25, -0.2) is 0 Å². The lowest BCUT2D eigenvalue weighted by Crippen LogP contribution is -2.31. The van der Waals surface area contributed by atoms with E-state index < -0.39 is 5.97 Å². The molecule has 104 valence electrons. The third kappa shape index (κ3) is 3.38. The van der Waals surface area contributed by atoms with Gasteiger partial charge in [-0.1, -0.05) is 6.92 Å². The summed E-state index contributed by atoms with van der Waals surface area (Å²) < 4.78 is 5.86. The topological polar surface area (TPSA) is 53.7 Å². The first-order chi connectivity index (χ1) is 9.11. The van der Waals surface area contributed by atoms with Gasteiger partial charge in [0.2, 0.25) is 0 Å². The minimum atomic E-state index is -0.761. The summed E-state index contributed by atoms with van der Waals surface area (Å²) in [4.78, 5) is 12.9. The number of carboxylic acid groups (broad SMARTS) is 1. The Balaban J connectivity index is 1.59. The average molecular weight is 263 g/mol. The Bertz CT molecular complexity index is 464. The molecule has 19 heavy (non-hydrogen) atoms. The van der Waals surface area contributed by atoms with Crippen LogP contribution in [0.4, 0.5) is 0 Å².